The normalized spacial score (nSPS) is 20.6. The van der Waals surface area contributed by atoms with Crippen LogP contribution in [0.1, 0.15) is 30.0 Å². The van der Waals surface area contributed by atoms with Gasteiger partial charge in [0.1, 0.15) is 12.1 Å². The first-order valence-corrected chi connectivity index (χ1v) is 11.0. The zero-order valence-corrected chi connectivity index (χ0v) is 17.7. The van der Waals surface area contributed by atoms with Gasteiger partial charge in [0.2, 0.25) is 0 Å². The Labute approximate surface area is 181 Å². The molecule has 1 aromatic heterocycles. The van der Waals surface area contributed by atoms with Gasteiger partial charge in [-0.15, -0.1) is 0 Å². The molecule has 0 bridgehead atoms. The molecular weight excluding hydrogens is 395 g/mol. The number of aryl methyl sites for hydroxylation is 1. The molecule has 0 radical (unpaired) electrons. The van der Waals surface area contributed by atoms with Gasteiger partial charge in [-0.05, 0) is 49.6 Å². The molecule has 2 aromatic carbocycles. The highest BCUT2D eigenvalue weighted by Crippen LogP contribution is 2.47. The van der Waals surface area contributed by atoms with Crippen molar-refractivity contribution in [2.24, 2.45) is 0 Å². The molecule has 3 heterocycles. The van der Waals surface area contributed by atoms with E-state index in [1.165, 1.54) is 23.4 Å². The number of hydrogen-bond acceptors (Lipinski definition) is 6. The minimum Gasteiger partial charge on any atom is -0.386 e. The fraction of sp³-hybridized carbons (Fsp3) is 0.417. The van der Waals surface area contributed by atoms with E-state index in [9.17, 15) is 9.18 Å². The Morgan fingerprint density at radius 1 is 1.32 bits per heavy atom. The van der Waals surface area contributed by atoms with Crippen LogP contribution in [0, 0.1) is 5.82 Å². The largest absolute Gasteiger partial charge is 0.386 e. The maximum atomic E-state index is 13.4. The average molecular weight is 423 g/mol. The van der Waals surface area contributed by atoms with E-state index in [4.69, 9.17) is 4.52 Å². The Morgan fingerprint density at radius 2 is 2.23 bits per heavy atom. The van der Waals surface area contributed by atoms with Gasteiger partial charge in [-0.2, -0.15) is 0 Å². The Morgan fingerprint density at radius 3 is 3.06 bits per heavy atom. The average Bonchev–Trinajstić information content (AvgIpc) is 3.32. The Bertz CT molecular complexity index is 1100. The third kappa shape index (κ3) is 3.57. The molecule has 0 aliphatic carbocycles. The van der Waals surface area contributed by atoms with Crippen molar-refractivity contribution in [1.29, 1.82) is 0 Å². The lowest BCUT2D eigenvalue weighted by atomic mass is 9.89. The molecule has 0 amide bonds. The summed E-state index contributed by atoms with van der Waals surface area (Å²) in [4.78, 5) is 16.2. The smallest absolute Gasteiger partial charge is 0.170 e. The Balaban J connectivity index is 1.27. The highest BCUT2D eigenvalue weighted by molar-refractivity contribution is 5.81. The van der Waals surface area contributed by atoms with Gasteiger partial charge < -0.3 is 24.4 Å². The van der Waals surface area contributed by atoms with E-state index in [0.29, 0.717) is 24.1 Å². The molecule has 6 nitrogen and oxygen atoms in total. The zero-order chi connectivity index (χ0) is 21.4. The van der Waals surface area contributed by atoms with E-state index in [-0.39, 0.29) is 5.82 Å². The maximum Gasteiger partial charge on any atom is 0.170 e. The van der Waals surface area contributed by atoms with Gasteiger partial charge in [-0.25, -0.2) is 4.39 Å². The summed E-state index contributed by atoms with van der Waals surface area (Å²) in [6, 6.07) is 11.4. The minimum absolute atomic E-state index is 0.306. The number of para-hydroxylation sites is 1. The van der Waals surface area contributed by atoms with Crippen LogP contribution in [0.2, 0.25) is 0 Å². The molecule has 2 aliphatic heterocycles. The first kappa shape index (κ1) is 20.0. The predicted molar refractivity (Wildman–Crippen MR) is 119 cm³/mol. The van der Waals surface area contributed by atoms with E-state index < -0.39 is 0 Å². The Hall–Kier alpha value is -2.93. The molecule has 2 unspecified atom stereocenters. The van der Waals surface area contributed by atoms with Crippen molar-refractivity contribution >= 4 is 28.6 Å². The number of likely N-dealkylation sites (tertiary alicyclic amines) is 1. The standard InChI is InChI=1S/C24H27FN4O2/c1-26-21-5-2-4-17-19-15-28(11-9-22(19)29(12-13-30)24(17)21)10-3-6-20-18-8-7-16(25)14-23(18)31-27-20/h2,4-5,7-8,13-14,19,22,26H,3,6,9-12,15H2,1H3. The maximum absolute atomic E-state index is 13.4. The van der Waals surface area contributed by atoms with Gasteiger partial charge in [0.15, 0.2) is 5.58 Å². The lowest BCUT2D eigenvalue weighted by Gasteiger charge is -2.38. The summed E-state index contributed by atoms with van der Waals surface area (Å²) in [7, 11) is 1.94. The number of hydrogen-bond donors (Lipinski definition) is 1. The van der Waals surface area contributed by atoms with Crippen LogP contribution in [0.4, 0.5) is 15.8 Å². The monoisotopic (exact) mass is 422 g/mol. The fourth-order valence-electron chi connectivity index (χ4n) is 5.36. The predicted octanol–water partition coefficient (Wildman–Crippen LogP) is 3.82. The van der Waals surface area contributed by atoms with E-state index in [0.717, 1.165) is 62.0 Å². The number of piperidine rings is 1. The number of carbonyl (C=O) groups excluding carboxylic acids is 1. The SMILES string of the molecule is CNc1cccc2c1N(CC=O)C1CCN(CCCc3noc4cc(F)ccc34)CC21. The summed E-state index contributed by atoms with van der Waals surface area (Å²) in [6.07, 6.45) is 3.83. The quantitative estimate of drug-likeness (QED) is 0.584. The number of nitrogens with zero attached hydrogens (tertiary/aromatic N) is 3. The molecule has 1 saturated heterocycles. The van der Waals surface area contributed by atoms with Gasteiger partial charge in [-0.1, -0.05) is 17.3 Å². The highest BCUT2D eigenvalue weighted by Gasteiger charge is 2.42. The summed E-state index contributed by atoms with van der Waals surface area (Å²) < 4.78 is 18.6. The van der Waals surface area contributed by atoms with Gasteiger partial charge in [0.25, 0.3) is 0 Å². The van der Waals surface area contributed by atoms with Crippen molar-refractivity contribution < 1.29 is 13.7 Å². The first-order chi connectivity index (χ1) is 15.2. The number of aldehydes is 1. The van der Waals surface area contributed by atoms with Gasteiger partial charge in [-0.3, -0.25) is 0 Å². The Kier molecular flexibility index (Phi) is 5.36. The number of benzene rings is 2. The molecule has 3 aromatic rings. The molecule has 1 N–H and O–H groups in total. The van der Waals surface area contributed by atoms with Crippen LogP contribution in [0.25, 0.3) is 11.0 Å². The number of nitrogens with one attached hydrogen (secondary N) is 1. The molecule has 2 atom stereocenters. The molecular formula is C24H27FN4O2. The number of fused-ring (bicyclic) bond motifs is 4. The van der Waals surface area contributed by atoms with Crippen LogP contribution in [0.5, 0.6) is 0 Å². The van der Waals surface area contributed by atoms with Gasteiger partial charge >= 0.3 is 0 Å². The van der Waals surface area contributed by atoms with E-state index >= 15 is 0 Å². The summed E-state index contributed by atoms with van der Waals surface area (Å²) >= 11 is 0. The van der Waals surface area contributed by atoms with Crippen LogP contribution < -0.4 is 10.2 Å². The van der Waals surface area contributed by atoms with Crippen LogP contribution in [-0.4, -0.2) is 55.6 Å². The summed E-state index contributed by atoms with van der Waals surface area (Å²) in [5.41, 5.74) is 5.03. The van der Waals surface area contributed by atoms with Crippen LogP contribution in [0.3, 0.4) is 0 Å². The summed E-state index contributed by atoms with van der Waals surface area (Å²) in [6.45, 7) is 3.43. The summed E-state index contributed by atoms with van der Waals surface area (Å²) in [5.74, 6) is 0.104. The van der Waals surface area contributed by atoms with E-state index in [2.05, 4.69) is 38.5 Å². The van der Waals surface area contributed by atoms with Crippen molar-refractivity contribution in [3.05, 3.63) is 53.5 Å². The molecule has 0 saturated carbocycles. The van der Waals surface area contributed by atoms with Crippen LogP contribution in [-0.2, 0) is 11.2 Å². The molecule has 5 rings (SSSR count). The lowest BCUT2D eigenvalue weighted by Crippen LogP contribution is -2.47. The van der Waals surface area contributed by atoms with Gasteiger partial charge in [0.05, 0.1) is 23.6 Å². The van der Waals surface area contributed by atoms with Crippen molar-refractivity contribution in [3.63, 3.8) is 0 Å². The molecule has 31 heavy (non-hydrogen) atoms. The van der Waals surface area contributed by atoms with Crippen LogP contribution >= 0.6 is 0 Å². The second-order valence-electron chi connectivity index (χ2n) is 8.45. The topological polar surface area (TPSA) is 61.6 Å². The van der Waals surface area contributed by atoms with Crippen molar-refractivity contribution in [1.82, 2.24) is 10.1 Å². The second-order valence-corrected chi connectivity index (χ2v) is 8.45. The number of carbonyl (C=O) groups is 1. The molecule has 1 fully saturated rings. The third-order valence-corrected chi connectivity index (χ3v) is 6.75. The lowest BCUT2D eigenvalue weighted by molar-refractivity contribution is -0.106. The molecule has 7 heteroatoms. The van der Waals surface area contributed by atoms with E-state index in [1.807, 2.05) is 7.05 Å². The number of rotatable bonds is 7. The molecule has 0 spiro atoms. The molecule has 2 aliphatic rings. The summed E-state index contributed by atoms with van der Waals surface area (Å²) in [5, 5.41) is 8.34. The van der Waals surface area contributed by atoms with Gasteiger partial charge in [0, 0.05) is 43.5 Å². The number of aromatic nitrogens is 1. The number of halogens is 1. The third-order valence-electron chi connectivity index (χ3n) is 6.75. The van der Waals surface area contributed by atoms with Crippen LogP contribution in [0.15, 0.2) is 40.9 Å². The van der Waals surface area contributed by atoms with Crippen molar-refractivity contribution in [3.8, 4) is 0 Å². The fourth-order valence-corrected chi connectivity index (χ4v) is 5.36. The van der Waals surface area contributed by atoms with Crippen molar-refractivity contribution in [2.45, 2.75) is 31.2 Å². The molecule has 162 valence electrons. The minimum atomic E-state index is -0.306. The highest BCUT2D eigenvalue weighted by atomic mass is 19.1. The zero-order valence-electron chi connectivity index (χ0n) is 17.7. The number of anilines is 2. The van der Waals surface area contributed by atoms with Crippen molar-refractivity contribution in [2.75, 3.05) is 43.4 Å². The van der Waals surface area contributed by atoms with E-state index in [1.54, 1.807) is 6.07 Å². The first-order valence-electron chi connectivity index (χ1n) is 11.0. The second kappa shape index (κ2) is 8.30.